The molecule has 1 atom stereocenters. The lowest BCUT2D eigenvalue weighted by Crippen LogP contribution is -2.29. The summed E-state index contributed by atoms with van der Waals surface area (Å²) in [4.78, 5) is 26.9. The van der Waals surface area contributed by atoms with Crippen molar-refractivity contribution in [1.29, 1.82) is 0 Å². The molecule has 0 spiro atoms. The van der Waals surface area contributed by atoms with E-state index in [1.54, 1.807) is 33.5 Å². The number of hydrazone groups is 1. The number of carbonyl (C=O) groups excluding carboxylic acids is 2. The highest BCUT2D eigenvalue weighted by atomic mass is 32.2. The third kappa shape index (κ3) is 7.29. The number of aromatic nitrogens is 3. The number of para-hydroxylation sites is 1. The lowest BCUT2D eigenvalue weighted by molar-refractivity contribution is -0.130. The summed E-state index contributed by atoms with van der Waals surface area (Å²) < 4.78 is 18.5. The summed E-state index contributed by atoms with van der Waals surface area (Å²) in [5.74, 6) is 1.97. The second kappa shape index (κ2) is 15.1. The first-order valence-electron chi connectivity index (χ1n) is 15.6. The third-order valence-electron chi connectivity index (χ3n) is 8.11. The summed E-state index contributed by atoms with van der Waals surface area (Å²) >= 11 is 1.25. The molecule has 4 aromatic carbocycles. The maximum absolute atomic E-state index is 14.1. The zero-order valence-corrected chi connectivity index (χ0v) is 28.4. The highest BCUT2D eigenvalue weighted by Crippen LogP contribution is 2.42. The lowest BCUT2D eigenvalue weighted by Gasteiger charge is -2.24. The van der Waals surface area contributed by atoms with Crippen LogP contribution in [0.5, 0.6) is 17.2 Å². The molecular weight excluding hydrogens is 641 g/mol. The van der Waals surface area contributed by atoms with Gasteiger partial charge < -0.3 is 19.5 Å². The monoisotopic (exact) mass is 676 g/mol. The minimum atomic E-state index is -0.436. The number of nitrogens with one attached hydrogen (secondary N) is 1. The molecule has 0 radical (unpaired) electrons. The number of hydrogen-bond acceptors (Lipinski definition) is 9. The van der Waals surface area contributed by atoms with Crippen molar-refractivity contribution >= 4 is 29.3 Å². The Labute approximate surface area is 288 Å². The second-order valence-corrected chi connectivity index (χ2v) is 12.2. The molecule has 2 heterocycles. The van der Waals surface area contributed by atoms with Gasteiger partial charge in [0, 0.05) is 23.2 Å². The fourth-order valence-corrected chi connectivity index (χ4v) is 6.52. The molecule has 5 aromatic rings. The number of hydrogen-bond donors (Lipinski definition) is 1. The van der Waals surface area contributed by atoms with E-state index in [1.807, 2.05) is 96.4 Å². The van der Waals surface area contributed by atoms with Gasteiger partial charge in [-0.3, -0.25) is 14.2 Å². The van der Waals surface area contributed by atoms with Gasteiger partial charge in [0.15, 0.2) is 22.5 Å². The van der Waals surface area contributed by atoms with Gasteiger partial charge in [-0.1, -0.05) is 54.2 Å². The molecule has 0 bridgehead atoms. The molecule has 0 fully saturated rings. The van der Waals surface area contributed by atoms with Crippen LogP contribution in [0.3, 0.4) is 0 Å². The molecule has 0 saturated heterocycles. The molecule has 1 unspecified atom stereocenters. The molecule has 49 heavy (non-hydrogen) atoms. The van der Waals surface area contributed by atoms with Gasteiger partial charge in [0.05, 0.1) is 45.4 Å². The van der Waals surface area contributed by atoms with Gasteiger partial charge in [-0.25, -0.2) is 5.01 Å². The molecule has 1 aromatic heterocycles. The highest BCUT2D eigenvalue weighted by Gasteiger charge is 2.36. The third-order valence-corrected chi connectivity index (χ3v) is 9.02. The van der Waals surface area contributed by atoms with Gasteiger partial charge in [0.25, 0.3) is 11.8 Å². The Morgan fingerprint density at radius 2 is 1.65 bits per heavy atom. The fraction of sp³-hybridized carbons (Fsp3) is 0.216. The van der Waals surface area contributed by atoms with E-state index in [0.29, 0.717) is 34.5 Å². The van der Waals surface area contributed by atoms with Crippen LogP contribution in [0.25, 0.3) is 5.69 Å². The van der Waals surface area contributed by atoms with Crippen molar-refractivity contribution in [2.75, 3.05) is 27.1 Å². The van der Waals surface area contributed by atoms with Crippen molar-refractivity contribution in [3.63, 3.8) is 0 Å². The quantitative estimate of drug-likeness (QED) is 0.160. The molecule has 11 nitrogen and oxygen atoms in total. The lowest BCUT2D eigenvalue weighted by atomic mass is 9.97. The minimum Gasteiger partial charge on any atom is -0.497 e. The summed E-state index contributed by atoms with van der Waals surface area (Å²) in [6.45, 7) is 2.14. The highest BCUT2D eigenvalue weighted by molar-refractivity contribution is 7.99. The molecule has 1 N–H and O–H groups in total. The summed E-state index contributed by atoms with van der Waals surface area (Å²) in [6.07, 6.45) is 0.469. The van der Waals surface area contributed by atoms with E-state index in [2.05, 4.69) is 15.5 Å². The van der Waals surface area contributed by atoms with Crippen LogP contribution in [0.4, 0.5) is 0 Å². The van der Waals surface area contributed by atoms with Gasteiger partial charge in [0.2, 0.25) is 0 Å². The number of methoxy groups -OCH3 is 3. The largest absolute Gasteiger partial charge is 0.497 e. The molecule has 12 heteroatoms. The van der Waals surface area contributed by atoms with Crippen molar-refractivity contribution in [3.8, 4) is 22.9 Å². The first-order chi connectivity index (χ1) is 23.9. The zero-order chi connectivity index (χ0) is 34.3. The van der Waals surface area contributed by atoms with Crippen LogP contribution in [-0.2, 0) is 11.3 Å². The molecular formula is C37H36N6O5S. The molecule has 0 saturated carbocycles. The van der Waals surface area contributed by atoms with E-state index in [4.69, 9.17) is 19.3 Å². The number of rotatable bonds is 12. The van der Waals surface area contributed by atoms with Crippen LogP contribution in [0.15, 0.2) is 107 Å². The first-order valence-corrected chi connectivity index (χ1v) is 16.6. The summed E-state index contributed by atoms with van der Waals surface area (Å²) in [5, 5.41) is 18.7. The molecule has 250 valence electrons. The zero-order valence-electron chi connectivity index (χ0n) is 27.6. The Morgan fingerprint density at radius 3 is 2.37 bits per heavy atom. The average Bonchev–Trinajstić information content (AvgIpc) is 3.78. The van der Waals surface area contributed by atoms with Crippen molar-refractivity contribution < 1.29 is 23.8 Å². The van der Waals surface area contributed by atoms with Gasteiger partial charge in [-0.05, 0) is 72.6 Å². The number of carbonyl (C=O) groups is 2. The minimum absolute atomic E-state index is 0.0303. The Balaban J connectivity index is 1.28. The molecule has 1 aliphatic heterocycles. The molecule has 1 aliphatic rings. The van der Waals surface area contributed by atoms with E-state index >= 15 is 0 Å². The smallest absolute Gasteiger partial charge is 0.253 e. The number of amides is 2. The van der Waals surface area contributed by atoms with Gasteiger partial charge in [0.1, 0.15) is 5.75 Å². The SMILES string of the molecule is COc1ccc(C2=NN(C(=O)CSc3nnc(CNC(=O)c4ccccc4)n3-c3cccc(C)c3)C(c3cccc(OC)c3OC)C2)cc1. The van der Waals surface area contributed by atoms with E-state index in [9.17, 15) is 9.59 Å². The number of nitrogens with zero attached hydrogens (tertiary/aromatic N) is 5. The summed E-state index contributed by atoms with van der Waals surface area (Å²) in [6, 6.07) is 29.7. The van der Waals surface area contributed by atoms with Crippen molar-refractivity contribution in [2.45, 2.75) is 31.1 Å². The summed E-state index contributed by atoms with van der Waals surface area (Å²) in [5.41, 5.74) is 4.85. The normalized spacial score (nSPS) is 13.9. The van der Waals surface area contributed by atoms with Gasteiger partial charge in [-0.15, -0.1) is 10.2 Å². The topological polar surface area (TPSA) is 120 Å². The van der Waals surface area contributed by atoms with Crippen LogP contribution >= 0.6 is 11.8 Å². The molecule has 0 aliphatic carbocycles. The maximum atomic E-state index is 14.1. The predicted molar refractivity (Wildman–Crippen MR) is 188 cm³/mol. The van der Waals surface area contributed by atoms with E-state index in [0.717, 1.165) is 33.8 Å². The average molecular weight is 677 g/mol. The maximum Gasteiger partial charge on any atom is 0.253 e. The van der Waals surface area contributed by atoms with Crippen LogP contribution in [-0.4, -0.2) is 64.4 Å². The Bertz CT molecular complexity index is 1980. The number of ether oxygens (including phenoxy) is 3. The first kappa shape index (κ1) is 33.3. The van der Waals surface area contributed by atoms with Gasteiger partial charge in [-0.2, -0.15) is 5.10 Å². The van der Waals surface area contributed by atoms with Crippen molar-refractivity contribution in [1.82, 2.24) is 25.1 Å². The van der Waals surface area contributed by atoms with E-state index in [-0.39, 0.29) is 24.1 Å². The van der Waals surface area contributed by atoms with E-state index in [1.165, 1.54) is 16.8 Å². The fourth-order valence-electron chi connectivity index (χ4n) is 5.69. The van der Waals surface area contributed by atoms with E-state index < -0.39 is 6.04 Å². The van der Waals surface area contributed by atoms with Crippen LogP contribution < -0.4 is 19.5 Å². The standard InChI is InChI=1S/C37H36N6O5S/c1-24-10-8-13-27(20-24)42-33(22-38-36(45)26-11-6-5-7-12-26)39-40-37(42)49-23-34(44)43-31(29-14-9-15-32(47-3)35(29)48-4)21-30(41-43)25-16-18-28(46-2)19-17-25/h5-20,31H,21-23H2,1-4H3,(H,38,45). The predicted octanol–water partition coefficient (Wildman–Crippen LogP) is 6.00. The Hall–Kier alpha value is -5.62. The Kier molecular flexibility index (Phi) is 10.2. The molecule has 2 amide bonds. The van der Waals surface area contributed by atoms with Gasteiger partial charge >= 0.3 is 0 Å². The Morgan fingerprint density at radius 1 is 0.878 bits per heavy atom. The van der Waals surface area contributed by atoms with Crippen molar-refractivity contribution in [3.05, 3.63) is 125 Å². The van der Waals surface area contributed by atoms with Crippen LogP contribution in [0.2, 0.25) is 0 Å². The summed E-state index contributed by atoms with van der Waals surface area (Å²) in [7, 11) is 4.79. The number of thioether (sulfide) groups is 1. The van der Waals surface area contributed by atoms with Crippen LogP contribution in [0, 0.1) is 6.92 Å². The molecule has 6 rings (SSSR count). The van der Waals surface area contributed by atoms with Crippen molar-refractivity contribution in [2.24, 2.45) is 5.10 Å². The van der Waals surface area contributed by atoms with Crippen LogP contribution in [0.1, 0.15) is 45.3 Å². The second-order valence-electron chi connectivity index (χ2n) is 11.2. The number of aryl methyl sites for hydroxylation is 1. The number of benzene rings is 4.